The number of nitrogens with zero attached hydrogens (tertiary/aromatic N) is 5. The molecule has 0 unspecified atom stereocenters. The SMILES string of the molecule is CC[C@H]1COCCN1c1cc(CS(=O)(=O)N(C)C)nc(-c2ccc3[nH]c(CO[Si](C(C)C)(C(C)C)C(C)C)cc3n2)n1. The number of rotatable bonds is 12. The lowest BCUT2D eigenvalue weighted by atomic mass is 10.1. The number of anilines is 1. The van der Waals surface area contributed by atoms with Crippen LogP contribution < -0.4 is 4.90 Å². The molecule has 10 nitrogen and oxygen atoms in total. The molecule has 0 aliphatic carbocycles. The van der Waals surface area contributed by atoms with Crippen molar-refractivity contribution in [1.29, 1.82) is 0 Å². The Hall–Kier alpha value is -2.38. The highest BCUT2D eigenvalue weighted by atomic mass is 32.2. The summed E-state index contributed by atoms with van der Waals surface area (Å²) in [5.74, 6) is 0.885. The molecule has 0 radical (unpaired) electrons. The van der Waals surface area contributed by atoms with Crippen molar-refractivity contribution in [2.75, 3.05) is 38.8 Å². The highest BCUT2D eigenvalue weighted by Crippen LogP contribution is 2.42. The molecule has 0 bridgehead atoms. The van der Waals surface area contributed by atoms with Crippen molar-refractivity contribution in [3.8, 4) is 11.5 Å². The highest BCUT2D eigenvalue weighted by molar-refractivity contribution is 7.88. The molecule has 4 heterocycles. The molecule has 1 fully saturated rings. The summed E-state index contributed by atoms with van der Waals surface area (Å²) in [6.45, 7) is 18.2. The van der Waals surface area contributed by atoms with Gasteiger partial charge in [0.2, 0.25) is 18.3 Å². The van der Waals surface area contributed by atoms with Crippen LogP contribution in [0.5, 0.6) is 0 Å². The zero-order chi connectivity index (χ0) is 30.8. The number of morpholine rings is 1. The maximum absolute atomic E-state index is 12.8. The van der Waals surface area contributed by atoms with Crippen molar-refractivity contribution in [3.63, 3.8) is 0 Å². The molecule has 232 valence electrons. The second-order valence-corrected chi connectivity index (χ2v) is 20.1. The van der Waals surface area contributed by atoms with Gasteiger partial charge in [0.05, 0.1) is 42.6 Å². The van der Waals surface area contributed by atoms with Gasteiger partial charge in [-0.15, -0.1) is 0 Å². The van der Waals surface area contributed by atoms with Gasteiger partial charge in [-0.1, -0.05) is 48.5 Å². The largest absolute Gasteiger partial charge is 0.410 e. The van der Waals surface area contributed by atoms with E-state index in [9.17, 15) is 8.42 Å². The standard InChI is InChI=1S/C30H48N6O4SSi/c1-10-25-18-39-14-13-36(25)29-16-24(19-41(37,38)35(8)9)32-30(34-29)27-12-11-26-28(33-27)15-23(31-26)17-40-42(20(2)3,21(4)5)22(6)7/h11-12,15-16,20-22,25,31H,10,13-14,17-19H2,1-9H3/t25-/m0/s1. The molecular formula is C30H48N6O4SSi. The fraction of sp³-hybridized carbons (Fsp3) is 0.633. The normalized spacial score (nSPS) is 17.0. The van der Waals surface area contributed by atoms with Crippen LogP contribution in [-0.4, -0.2) is 80.9 Å². The number of nitrogens with one attached hydrogen (secondary N) is 1. The van der Waals surface area contributed by atoms with Crippen molar-refractivity contribution in [1.82, 2.24) is 24.2 Å². The molecule has 1 aliphatic rings. The van der Waals surface area contributed by atoms with E-state index in [1.165, 1.54) is 18.4 Å². The third-order valence-corrected chi connectivity index (χ3v) is 16.4. The number of sulfonamides is 1. The maximum Gasteiger partial charge on any atom is 0.219 e. The van der Waals surface area contributed by atoms with Crippen LogP contribution in [0.25, 0.3) is 22.6 Å². The molecule has 0 spiro atoms. The average molecular weight is 617 g/mol. The molecule has 3 aromatic rings. The Morgan fingerprint density at radius 1 is 1.07 bits per heavy atom. The lowest BCUT2D eigenvalue weighted by Gasteiger charge is -2.42. The lowest BCUT2D eigenvalue weighted by Crippen LogP contribution is -2.47. The number of hydrogen-bond donors (Lipinski definition) is 1. The Bertz CT molecular complexity index is 1450. The van der Waals surface area contributed by atoms with E-state index in [1.54, 1.807) is 6.07 Å². The van der Waals surface area contributed by atoms with Crippen LogP contribution in [0.3, 0.4) is 0 Å². The second-order valence-electron chi connectivity index (χ2n) is 12.4. The van der Waals surface area contributed by atoms with Gasteiger partial charge in [0.1, 0.15) is 17.3 Å². The number of hydrogen-bond acceptors (Lipinski definition) is 8. The van der Waals surface area contributed by atoms with Crippen molar-refractivity contribution in [2.24, 2.45) is 0 Å². The second kappa shape index (κ2) is 13.1. The monoisotopic (exact) mass is 616 g/mol. The predicted molar refractivity (Wildman–Crippen MR) is 172 cm³/mol. The summed E-state index contributed by atoms with van der Waals surface area (Å²) in [6.07, 6.45) is 0.887. The van der Waals surface area contributed by atoms with E-state index in [1.807, 2.05) is 18.2 Å². The molecule has 0 aromatic carbocycles. The van der Waals surface area contributed by atoms with Crippen LogP contribution in [0, 0.1) is 0 Å². The van der Waals surface area contributed by atoms with Crippen LogP contribution >= 0.6 is 0 Å². The van der Waals surface area contributed by atoms with Gasteiger partial charge in [-0.25, -0.2) is 27.7 Å². The van der Waals surface area contributed by atoms with E-state index in [0.717, 1.165) is 23.1 Å². The zero-order valence-corrected chi connectivity index (χ0v) is 28.5. The minimum Gasteiger partial charge on any atom is -0.410 e. The van der Waals surface area contributed by atoms with E-state index < -0.39 is 18.3 Å². The number of H-pyrrole nitrogens is 1. The van der Waals surface area contributed by atoms with Crippen LogP contribution in [-0.2, 0) is 31.5 Å². The Morgan fingerprint density at radius 2 is 1.76 bits per heavy atom. The molecule has 0 amide bonds. The van der Waals surface area contributed by atoms with Gasteiger partial charge in [-0.2, -0.15) is 0 Å². The quantitative estimate of drug-likeness (QED) is 0.257. The van der Waals surface area contributed by atoms with Gasteiger partial charge in [0, 0.05) is 32.4 Å². The summed E-state index contributed by atoms with van der Waals surface area (Å²) in [4.78, 5) is 20.2. The molecule has 12 heteroatoms. The number of pyridine rings is 1. The molecule has 1 aliphatic heterocycles. The smallest absolute Gasteiger partial charge is 0.219 e. The third kappa shape index (κ3) is 6.72. The fourth-order valence-electron chi connectivity index (χ4n) is 6.40. The van der Waals surface area contributed by atoms with Gasteiger partial charge in [0.15, 0.2) is 5.82 Å². The van der Waals surface area contributed by atoms with Gasteiger partial charge in [-0.05, 0) is 41.2 Å². The number of fused-ring (bicyclic) bond motifs is 1. The molecule has 1 atom stereocenters. The van der Waals surface area contributed by atoms with Crippen molar-refractivity contribution >= 4 is 35.2 Å². The minimum absolute atomic E-state index is 0.153. The Balaban J connectivity index is 1.70. The van der Waals surface area contributed by atoms with Crippen molar-refractivity contribution < 1.29 is 17.6 Å². The van der Waals surface area contributed by atoms with Crippen LogP contribution in [0.2, 0.25) is 16.6 Å². The van der Waals surface area contributed by atoms with E-state index in [2.05, 4.69) is 58.4 Å². The van der Waals surface area contributed by atoms with Crippen LogP contribution in [0.1, 0.15) is 66.3 Å². The topological polar surface area (TPSA) is 114 Å². The molecular weight excluding hydrogens is 569 g/mol. The van der Waals surface area contributed by atoms with E-state index in [0.29, 0.717) is 66.0 Å². The van der Waals surface area contributed by atoms with Crippen molar-refractivity contribution in [3.05, 3.63) is 35.7 Å². The average Bonchev–Trinajstić information content (AvgIpc) is 3.34. The Morgan fingerprint density at radius 3 is 2.38 bits per heavy atom. The van der Waals surface area contributed by atoms with Gasteiger partial charge < -0.3 is 19.0 Å². The summed E-state index contributed by atoms with van der Waals surface area (Å²) in [5, 5.41) is 0. The summed E-state index contributed by atoms with van der Waals surface area (Å²) in [5.41, 5.74) is 5.23. The summed E-state index contributed by atoms with van der Waals surface area (Å²) < 4.78 is 39.3. The molecule has 1 N–H and O–H groups in total. The van der Waals surface area contributed by atoms with Crippen LogP contribution in [0.15, 0.2) is 24.3 Å². The maximum atomic E-state index is 12.8. The van der Waals surface area contributed by atoms with Gasteiger partial charge >= 0.3 is 0 Å². The fourth-order valence-corrected chi connectivity index (χ4v) is 12.6. The molecule has 4 rings (SSSR count). The first-order chi connectivity index (χ1) is 19.8. The highest BCUT2D eigenvalue weighted by Gasteiger charge is 2.45. The first-order valence-electron chi connectivity index (χ1n) is 15.0. The summed E-state index contributed by atoms with van der Waals surface area (Å²) in [7, 11) is -2.47. The van der Waals surface area contributed by atoms with E-state index in [4.69, 9.17) is 24.1 Å². The molecule has 1 saturated heterocycles. The van der Waals surface area contributed by atoms with Crippen LogP contribution in [0.4, 0.5) is 5.82 Å². The molecule has 3 aromatic heterocycles. The van der Waals surface area contributed by atoms with Gasteiger partial charge in [-0.3, -0.25) is 0 Å². The number of aromatic amines is 1. The van der Waals surface area contributed by atoms with Crippen molar-refractivity contribution in [2.45, 2.75) is 89.9 Å². The summed E-state index contributed by atoms with van der Waals surface area (Å²) >= 11 is 0. The molecule has 0 saturated carbocycles. The van der Waals surface area contributed by atoms with E-state index >= 15 is 0 Å². The Labute approximate surface area is 252 Å². The van der Waals surface area contributed by atoms with Gasteiger partial charge in [0.25, 0.3) is 0 Å². The first-order valence-corrected chi connectivity index (χ1v) is 18.8. The number of ether oxygens (including phenoxy) is 1. The molecule has 42 heavy (non-hydrogen) atoms. The lowest BCUT2D eigenvalue weighted by molar-refractivity contribution is 0.0925. The number of aromatic nitrogens is 4. The third-order valence-electron chi connectivity index (χ3n) is 8.59. The first kappa shape index (κ1) is 32.5. The van der Waals surface area contributed by atoms with E-state index in [-0.39, 0.29) is 11.8 Å². The summed E-state index contributed by atoms with van der Waals surface area (Å²) in [6, 6.07) is 7.85. The zero-order valence-electron chi connectivity index (χ0n) is 26.6. The predicted octanol–water partition coefficient (Wildman–Crippen LogP) is 5.72. The Kier molecular flexibility index (Phi) is 10.1. The minimum atomic E-state index is -3.52.